The minimum Gasteiger partial charge on any atom is -0.378 e. The molecule has 1 aliphatic carbocycles. The summed E-state index contributed by atoms with van der Waals surface area (Å²) in [5, 5.41) is 4.54. The van der Waals surface area contributed by atoms with Gasteiger partial charge in [-0.15, -0.1) is 11.3 Å². The summed E-state index contributed by atoms with van der Waals surface area (Å²) in [6, 6.07) is 2.74. The van der Waals surface area contributed by atoms with Gasteiger partial charge >= 0.3 is 0 Å². The quantitative estimate of drug-likeness (QED) is 0.864. The summed E-state index contributed by atoms with van der Waals surface area (Å²) in [7, 11) is 1.71. The number of nitrogens with zero attached hydrogens (tertiary/aromatic N) is 2. The van der Waals surface area contributed by atoms with Crippen LogP contribution in [0.15, 0.2) is 22.9 Å². The highest BCUT2D eigenvalue weighted by Gasteiger charge is 2.21. The van der Waals surface area contributed by atoms with E-state index in [2.05, 4.69) is 26.2 Å². The Balaban J connectivity index is 1.84. The van der Waals surface area contributed by atoms with Crippen LogP contribution in [0.25, 0.3) is 10.6 Å². The van der Waals surface area contributed by atoms with Crippen LogP contribution in [-0.4, -0.2) is 23.1 Å². The summed E-state index contributed by atoms with van der Waals surface area (Å²) in [6.07, 6.45) is 6.21. The number of nitrogens with one attached hydrogen (secondary N) is 1. The standard InChI is InChI=1S/C14H16BrN3OS/c1-19-8-12-13(7-17-11-2-3-11)20-14(18-12)9-4-10(15)6-16-5-9/h4-6,11,17H,2-3,7-8H2,1H3. The molecule has 6 heteroatoms. The zero-order chi connectivity index (χ0) is 13.9. The van der Waals surface area contributed by atoms with Crippen LogP contribution in [0.2, 0.25) is 0 Å². The molecule has 1 fully saturated rings. The third kappa shape index (κ3) is 3.44. The third-order valence-corrected chi connectivity index (χ3v) is 4.72. The Bertz CT molecular complexity index is 598. The summed E-state index contributed by atoms with van der Waals surface area (Å²) in [4.78, 5) is 10.2. The lowest BCUT2D eigenvalue weighted by atomic mass is 10.3. The van der Waals surface area contributed by atoms with Crippen LogP contribution in [0.4, 0.5) is 0 Å². The second-order valence-electron chi connectivity index (χ2n) is 4.87. The molecule has 0 aromatic carbocycles. The first-order chi connectivity index (χ1) is 9.76. The van der Waals surface area contributed by atoms with E-state index in [1.807, 2.05) is 12.3 Å². The van der Waals surface area contributed by atoms with Crippen LogP contribution >= 0.6 is 27.3 Å². The van der Waals surface area contributed by atoms with Gasteiger partial charge in [-0.05, 0) is 34.8 Å². The Hall–Kier alpha value is -0.820. The average molecular weight is 354 g/mol. The number of hydrogen-bond acceptors (Lipinski definition) is 5. The smallest absolute Gasteiger partial charge is 0.125 e. The summed E-state index contributed by atoms with van der Waals surface area (Å²) in [5.74, 6) is 0. The zero-order valence-electron chi connectivity index (χ0n) is 11.2. The van der Waals surface area contributed by atoms with Crippen molar-refractivity contribution in [2.24, 2.45) is 0 Å². The van der Waals surface area contributed by atoms with Gasteiger partial charge in [0.2, 0.25) is 0 Å². The fourth-order valence-electron chi connectivity index (χ4n) is 1.95. The lowest BCUT2D eigenvalue weighted by Crippen LogP contribution is -2.15. The first kappa shape index (κ1) is 14.1. The van der Waals surface area contributed by atoms with Gasteiger partial charge in [-0.25, -0.2) is 4.98 Å². The zero-order valence-corrected chi connectivity index (χ0v) is 13.6. The predicted octanol–water partition coefficient (Wildman–Crippen LogP) is 3.37. The number of thiazole rings is 1. The topological polar surface area (TPSA) is 47.0 Å². The van der Waals surface area contributed by atoms with Gasteiger partial charge in [-0.2, -0.15) is 0 Å². The van der Waals surface area contributed by atoms with Crippen LogP contribution in [0, 0.1) is 0 Å². The Morgan fingerprint density at radius 1 is 1.45 bits per heavy atom. The highest BCUT2D eigenvalue weighted by atomic mass is 79.9. The maximum atomic E-state index is 5.26. The van der Waals surface area contributed by atoms with E-state index in [0.717, 1.165) is 27.3 Å². The lowest BCUT2D eigenvalue weighted by molar-refractivity contribution is 0.181. The highest BCUT2D eigenvalue weighted by molar-refractivity contribution is 9.10. The molecule has 2 aromatic heterocycles. The van der Waals surface area contributed by atoms with E-state index >= 15 is 0 Å². The van der Waals surface area contributed by atoms with Gasteiger partial charge < -0.3 is 10.1 Å². The molecule has 1 N–H and O–H groups in total. The second-order valence-corrected chi connectivity index (χ2v) is 6.87. The van der Waals surface area contributed by atoms with E-state index in [0.29, 0.717) is 12.6 Å². The molecule has 0 atom stereocenters. The second kappa shape index (κ2) is 6.30. The van der Waals surface area contributed by atoms with Crippen molar-refractivity contribution in [1.82, 2.24) is 15.3 Å². The summed E-state index contributed by atoms with van der Waals surface area (Å²) >= 11 is 5.17. The van der Waals surface area contributed by atoms with E-state index in [1.54, 1.807) is 24.6 Å². The van der Waals surface area contributed by atoms with E-state index in [1.165, 1.54) is 17.7 Å². The van der Waals surface area contributed by atoms with Gasteiger partial charge in [0.25, 0.3) is 0 Å². The Morgan fingerprint density at radius 3 is 3.00 bits per heavy atom. The first-order valence-electron chi connectivity index (χ1n) is 6.58. The number of halogens is 1. The van der Waals surface area contributed by atoms with Crippen molar-refractivity contribution in [1.29, 1.82) is 0 Å². The van der Waals surface area contributed by atoms with Crippen LogP contribution in [0.3, 0.4) is 0 Å². The molecule has 0 saturated heterocycles. The van der Waals surface area contributed by atoms with Gasteiger partial charge in [0.05, 0.1) is 12.3 Å². The fourth-order valence-corrected chi connectivity index (χ4v) is 3.31. The molecular weight excluding hydrogens is 338 g/mol. The normalized spacial score (nSPS) is 14.7. The molecule has 0 radical (unpaired) electrons. The van der Waals surface area contributed by atoms with Crippen LogP contribution in [-0.2, 0) is 17.9 Å². The maximum absolute atomic E-state index is 5.26. The predicted molar refractivity (Wildman–Crippen MR) is 83.6 cm³/mol. The highest BCUT2D eigenvalue weighted by Crippen LogP contribution is 2.30. The maximum Gasteiger partial charge on any atom is 0.125 e. The Morgan fingerprint density at radius 2 is 2.30 bits per heavy atom. The van der Waals surface area contributed by atoms with Gasteiger partial charge in [0.15, 0.2) is 0 Å². The summed E-state index contributed by atoms with van der Waals surface area (Å²) in [6.45, 7) is 1.43. The van der Waals surface area contributed by atoms with Gasteiger partial charge in [-0.3, -0.25) is 4.98 Å². The fraction of sp³-hybridized carbons (Fsp3) is 0.429. The monoisotopic (exact) mass is 353 g/mol. The minimum absolute atomic E-state index is 0.555. The van der Waals surface area contributed by atoms with Gasteiger partial charge in [0.1, 0.15) is 5.01 Å². The van der Waals surface area contributed by atoms with Crippen molar-refractivity contribution in [3.63, 3.8) is 0 Å². The van der Waals surface area contributed by atoms with Crippen LogP contribution < -0.4 is 5.32 Å². The molecule has 2 aromatic rings. The van der Waals surface area contributed by atoms with Crippen molar-refractivity contribution in [3.8, 4) is 10.6 Å². The van der Waals surface area contributed by atoms with E-state index in [4.69, 9.17) is 9.72 Å². The molecule has 0 amide bonds. The molecule has 4 nitrogen and oxygen atoms in total. The van der Waals surface area contributed by atoms with Gasteiger partial charge in [0, 0.05) is 47.0 Å². The Labute approximate surface area is 130 Å². The SMILES string of the molecule is COCc1nc(-c2cncc(Br)c2)sc1CNC1CC1. The van der Waals surface area contributed by atoms with Crippen molar-refractivity contribution in [2.75, 3.05) is 7.11 Å². The lowest BCUT2D eigenvalue weighted by Gasteiger charge is -2.02. The molecule has 20 heavy (non-hydrogen) atoms. The number of pyridine rings is 1. The number of methoxy groups -OCH3 is 1. The van der Waals surface area contributed by atoms with E-state index in [9.17, 15) is 0 Å². The van der Waals surface area contributed by atoms with Crippen molar-refractivity contribution in [3.05, 3.63) is 33.5 Å². The van der Waals surface area contributed by atoms with Crippen molar-refractivity contribution < 1.29 is 4.74 Å². The summed E-state index contributed by atoms with van der Waals surface area (Å²) in [5.41, 5.74) is 2.07. The summed E-state index contributed by atoms with van der Waals surface area (Å²) < 4.78 is 6.22. The molecule has 3 rings (SSSR count). The number of rotatable bonds is 6. The van der Waals surface area contributed by atoms with Crippen molar-refractivity contribution in [2.45, 2.75) is 32.0 Å². The molecule has 0 aliphatic heterocycles. The molecule has 0 spiro atoms. The molecular formula is C14H16BrN3OS. The van der Waals surface area contributed by atoms with Crippen LogP contribution in [0.5, 0.6) is 0 Å². The molecule has 1 saturated carbocycles. The van der Waals surface area contributed by atoms with E-state index in [-0.39, 0.29) is 0 Å². The van der Waals surface area contributed by atoms with Crippen LogP contribution in [0.1, 0.15) is 23.4 Å². The molecule has 1 aliphatic rings. The van der Waals surface area contributed by atoms with Gasteiger partial charge in [-0.1, -0.05) is 0 Å². The van der Waals surface area contributed by atoms with E-state index < -0.39 is 0 Å². The first-order valence-corrected chi connectivity index (χ1v) is 8.19. The average Bonchev–Trinajstić information content (AvgIpc) is 3.18. The molecule has 0 bridgehead atoms. The number of ether oxygens (including phenoxy) is 1. The number of hydrogen-bond donors (Lipinski definition) is 1. The number of aromatic nitrogens is 2. The molecule has 106 valence electrons. The molecule has 0 unspecified atom stereocenters. The van der Waals surface area contributed by atoms with Crippen molar-refractivity contribution >= 4 is 27.3 Å². The Kier molecular flexibility index (Phi) is 4.45. The minimum atomic E-state index is 0.555. The molecule has 2 heterocycles. The third-order valence-electron chi connectivity index (χ3n) is 3.14. The largest absolute Gasteiger partial charge is 0.378 e.